The Morgan fingerprint density at radius 2 is 2.08 bits per heavy atom. The fraction of sp³-hybridized carbons (Fsp3) is 0.333. The Kier molecular flexibility index (Phi) is 3.05. The van der Waals surface area contributed by atoms with E-state index in [1.165, 1.54) is 6.07 Å². The molecule has 0 saturated carbocycles. The molecule has 0 bridgehead atoms. The predicted octanol–water partition coefficient (Wildman–Crippen LogP) is 2.71. The quantitative estimate of drug-likeness (QED) is 0.816. The van der Waals surface area contributed by atoms with Gasteiger partial charge in [0, 0.05) is 10.0 Å². The molecule has 0 atom stereocenters. The predicted molar refractivity (Wildman–Crippen MR) is 52.4 cm³/mol. The molecule has 0 unspecified atom stereocenters. The molecule has 0 aliphatic carbocycles. The number of hydrogen-bond donors (Lipinski definition) is 1. The Morgan fingerprint density at radius 1 is 1.46 bits per heavy atom. The van der Waals surface area contributed by atoms with Gasteiger partial charge in [-0.2, -0.15) is 0 Å². The summed E-state index contributed by atoms with van der Waals surface area (Å²) < 4.78 is 14.1. The number of halogens is 2. The summed E-state index contributed by atoms with van der Waals surface area (Å²) >= 11 is 3.17. The van der Waals surface area contributed by atoms with Crippen LogP contribution in [0, 0.1) is 5.82 Å². The highest BCUT2D eigenvalue weighted by Crippen LogP contribution is 2.27. The molecule has 2 nitrogen and oxygen atoms in total. The second-order valence-electron chi connectivity index (χ2n) is 3.25. The van der Waals surface area contributed by atoms with E-state index in [4.69, 9.17) is 5.90 Å². The van der Waals surface area contributed by atoms with Crippen LogP contribution >= 0.6 is 15.9 Å². The van der Waals surface area contributed by atoms with E-state index in [2.05, 4.69) is 20.8 Å². The van der Waals surface area contributed by atoms with E-state index in [0.29, 0.717) is 10.0 Å². The molecule has 1 rings (SSSR count). The van der Waals surface area contributed by atoms with Gasteiger partial charge in [-0.1, -0.05) is 22.0 Å². The molecule has 1 aromatic rings. The molecule has 0 saturated heterocycles. The topological polar surface area (TPSA) is 35.2 Å². The molecule has 0 aliphatic heterocycles. The molecule has 2 N–H and O–H groups in total. The molecule has 0 aromatic heterocycles. The normalized spacial score (nSPS) is 11.8. The lowest BCUT2D eigenvalue weighted by Gasteiger charge is -2.22. The van der Waals surface area contributed by atoms with Gasteiger partial charge in [0.25, 0.3) is 0 Å². The van der Waals surface area contributed by atoms with E-state index in [1.807, 2.05) is 0 Å². The molecule has 72 valence electrons. The molecular weight excluding hydrogens is 237 g/mol. The maximum absolute atomic E-state index is 13.4. The first-order valence-corrected chi connectivity index (χ1v) is 4.60. The van der Waals surface area contributed by atoms with Crippen molar-refractivity contribution < 1.29 is 9.23 Å². The Morgan fingerprint density at radius 3 is 2.54 bits per heavy atom. The zero-order chi connectivity index (χ0) is 10.1. The zero-order valence-corrected chi connectivity index (χ0v) is 9.06. The van der Waals surface area contributed by atoms with Crippen molar-refractivity contribution in [2.45, 2.75) is 19.4 Å². The van der Waals surface area contributed by atoms with Crippen molar-refractivity contribution in [3.63, 3.8) is 0 Å². The highest BCUT2D eigenvalue weighted by Gasteiger charge is 2.24. The summed E-state index contributed by atoms with van der Waals surface area (Å²) in [6.07, 6.45) is 0. The Bertz CT molecular complexity index is 314. The number of nitrogens with two attached hydrogens (primary N) is 1. The van der Waals surface area contributed by atoms with Gasteiger partial charge in [0.15, 0.2) is 0 Å². The Hall–Kier alpha value is -0.450. The lowest BCUT2D eigenvalue weighted by molar-refractivity contribution is -0.0260. The minimum Gasteiger partial charge on any atom is -0.294 e. The highest BCUT2D eigenvalue weighted by molar-refractivity contribution is 9.10. The van der Waals surface area contributed by atoms with Crippen LogP contribution in [0.25, 0.3) is 0 Å². The van der Waals surface area contributed by atoms with E-state index >= 15 is 0 Å². The minimum atomic E-state index is -0.801. The summed E-state index contributed by atoms with van der Waals surface area (Å²) in [5.41, 5.74) is -0.358. The van der Waals surface area contributed by atoms with Crippen molar-refractivity contribution >= 4 is 15.9 Å². The lowest BCUT2D eigenvalue weighted by atomic mass is 9.98. The van der Waals surface area contributed by atoms with Crippen molar-refractivity contribution in [3.8, 4) is 0 Å². The minimum absolute atomic E-state index is 0.329. The smallest absolute Gasteiger partial charge is 0.130 e. The molecule has 4 heteroatoms. The summed E-state index contributed by atoms with van der Waals surface area (Å²) in [6, 6.07) is 4.78. The second kappa shape index (κ2) is 3.74. The van der Waals surface area contributed by atoms with Crippen LogP contribution in [0.5, 0.6) is 0 Å². The second-order valence-corrected chi connectivity index (χ2v) is 4.17. The molecule has 0 amide bonds. The summed E-state index contributed by atoms with van der Waals surface area (Å²) in [5, 5.41) is 0. The van der Waals surface area contributed by atoms with Crippen molar-refractivity contribution in [2.75, 3.05) is 0 Å². The summed E-state index contributed by atoms with van der Waals surface area (Å²) in [6.45, 7) is 3.42. The van der Waals surface area contributed by atoms with Gasteiger partial charge in [-0.25, -0.2) is 10.3 Å². The van der Waals surface area contributed by atoms with Crippen molar-refractivity contribution in [3.05, 3.63) is 34.1 Å². The third-order valence-electron chi connectivity index (χ3n) is 1.87. The first-order chi connectivity index (χ1) is 5.97. The van der Waals surface area contributed by atoms with Gasteiger partial charge >= 0.3 is 0 Å². The largest absolute Gasteiger partial charge is 0.294 e. The lowest BCUT2D eigenvalue weighted by Crippen LogP contribution is -2.26. The van der Waals surface area contributed by atoms with Crippen LogP contribution in [-0.4, -0.2) is 0 Å². The van der Waals surface area contributed by atoms with Gasteiger partial charge in [-0.05, 0) is 26.0 Å². The fourth-order valence-electron chi connectivity index (χ4n) is 1.04. The number of benzene rings is 1. The van der Waals surface area contributed by atoms with E-state index in [1.54, 1.807) is 26.0 Å². The van der Waals surface area contributed by atoms with Crippen molar-refractivity contribution in [1.82, 2.24) is 0 Å². The molecule has 0 fully saturated rings. The number of rotatable bonds is 2. The van der Waals surface area contributed by atoms with Gasteiger partial charge in [0.1, 0.15) is 11.4 Å². The molecule has 0 heterocycles. The summed E-state index contributed by atoms with van der Waals surface area (Å²) in [5.74, 6) is 4.74. The van der Waals surface area contributed by atoms with Gasteiger partial charge in [-0.15, -0.1) is 0 Å². The maximum Gasteiger partial charge on any atom is 0.130 e. The van der Waals surface area contributed by atoms with Crippen LogP contribution in [0.1, 0.15) is 19.4 Å². The van der Waals surface area contributed by atoms with Crippen LogP contribution in [0.3, 0.4) is 0 Å². The van der Waals surface area contributed by atoms with Gasteiger partial charge in [0.05, 0.1) is 0 Å². The highest BCUT2D eigenvalue weighted by atomic mass is 79.9. The third kappa shape index (κ3) is 2.27. The molecule has 0 aliphatic rings. The van der Waals surface area contributed by atoms with Gasteiger partial charge in [-0.3, -0.25) is 4.84 Å². The van der Waals surface area contributed by atoms with E-state index in [9.17, 15) is 4.39 Å². The van der Waals surface area contributed by atoms with Crippen LogP contribution < -0.4 is 5.90 Å². The van der Waals surface area contributed by atoms with Crippen molar-refractivity contribution in [2.24, 2.45) is 5.90 Å². The standard InChI is InChI=1S/C9H11BrFNO/c1-9(2,13-12)7-4-3-6(10)5-8(7)11/h3-5H,12H2,1-2H3. The summed E-state index contributed by atoms with van der Waals surface area (Å²) in [4.78, 5) is 4.69. The van der Waals surface area contributed by atoms with E-state index in [-0.39, 0.29) is 5.82 Å². The van der Waals surface area contributed by atoms with E-state index < -0.39 is 5.60 Å². The molecule has 0 spiro atoms. The van der Waals surface area contributed by atoms with Gasteiger partial charge in [0.2, 0.25) is 0 Å². The number of hydrogen-bond acceptors (Lipinski definition) is 2. The first-order valence-electron chi connectivity index (χ1n) is 3.81. The summed E-state index contributed by atoms with van der Waals surface area (Å²) in [7, 11) is 0. The van der Waals surface area contributed by atoms with Crippen LogP contribution in [0.2, 0.25) is 0 Å². The monoisotopic (exact) mass is 247 g/mol. The average Bonchev–Trinajstić information content (AvgIpc) is 2.03. The molecule has 1 aromatic carbocycles. The van der Waals surface area contributed by atoms with E-state index in [0.717, 1.165) is 0 Å². The van der Waals surface area contributed by atoms with Gasteiger partial charge < -0.3 is 0 Å². The molecular formula is C9H11BrFNO. The van der Waals surface area contributed by atoms with Crippen LogP contribution in [0.4, 0.5) is 4.39 Å². The third-order valence-corrected chi connectivity index (χ3v) is 2.37. The first kappa shape index (κ1) is 10.6. The average molecular weight is 248 g/mol. The molecule has 0 radical (unpaired) electrons. The fourth-order valence-corrected chi connectivity index (χ4v) is 1.37. The van der Waals surface area contributed by atoms with Crippen LogP contribution in [0.15, 0.2) is 22.7 Å². The van der Waals surface area contributed by atoms with Crippen LogP contribution in [-0.2, 0) is 10.4 Å². The Balaban J connectivity index is 3.16. The van der Waals surface area contributed by atoms with Crippen molar-refractivity contribution in [1.29, 1.82) is 0 Å². The SMILES string of the molecule is CC(C)(ON)c1ccc(Br)cc1F. The molecule has 13 heavy (non-hydrogen) atoms. The maximum atomic E-state index is 13.4. The Labute approximate surface area is 85.0 Å². The zero-order valence-electron chi connectivity index (χ0n) is 7.47.